The summed E-state index contributed by atoms with van der Waals surface area (Å²) in [6.45, 7) is 2.52. The molecule has 2 N–H and O–H groups in total. The molecule has 5 rings (SSSR count). The number of nitrogens with zero attached hydrogens (tertiary/aromatic N) is 4. The highest BCUT2D eigenvalue weighted by Crippen LogP contribution is 2.35. The second-order valence-corrected chi connectivity index (χ2v) is 10.5. The fourth-order valence-electron chi connectivity index (χ4n) is 3.99. The van der Waals surface area contributed by atoms with E-state index in [1.165, 1.54) is 11.0 Å². The van der Waals surface area contributed by atoms with E-state index in [0.29, 0.717) is 42.9 Å². The van der Waals surface area contributed by atoms with Crippen LogP contribution in [0.4, 0.5) is 11.7 Å². The summed E-state index contributed by atoms with van der Waals surface area (Å²) in [5, 5.41) is 8.81. The van der Waals surface area contributed by atoms with Gasteiger partial charge in [0.05, 0.1) is 42.1 Å². The molecule has 1 atom stereocenters. The molecule has 0 spiro atoms. The van der Waals surface area contributed by atoms with Gasteiger partial charge in [-0.2, -0.15) is 0 Å². The van der Waals surface area contributed by atoms with Crippen molar-refractivity contribution in [1.82, 2.24) is 10.2 Å². The van der Waals surface area contributed by atoms with Gasteiger partial charge < -0.3 is 24.7 Å². The van der Waals surface area contributed by atoms with Crippen molar-refractivity contribution in [3.05, 3.63) is 53.1 Å². The van der Waals surface area contributed by atoms with Crippen LogP contribution in [-0.4, -0.2) is 62.6 Å². The van der Waals surface area contributed by atoms with Crippen molar-refractivity contribution in [3.8, 4) is 11.5 Å². The van der Waals surface area contributed by atoms with Crippen LogP contribution in [0.15, 0.2) is 51.8 Å². The van der Waals surface area contributed by atoms with Gasteiger partial charge in [-0.3, -0.25) is 4.79 Å². The maximum Gasteiger partial charge on any atom is 0.318 e. The number of amides is 1. The molecule has 1 aromatic heterocycles. The molecule has 1 amide bonds. The van der Waals surface area contributed by atoms with Crippen molar-refractivity contribution in [2.24, 2.45) is 5.73 Å². The first-order valence-electron chi connectivity index (χ1n) is 10.7. The van der Waals surface area contributed by atoms with E-state index in [1.54, 1.807) is 36.4 Å². The van der Waals surface area contributed by atoms with Gasteiger partial charge in [-0.05, 0) is 35.9 Å². The molecule has 0 unspecified atom stereocenters. The van der Waals surface area contributed by atoms with Gasteiger partial charge in [0.25, 0.3) is 0 Å². The molecule has 2 aromatic carbocycles. The minimum absolute atomic E-state index is 0.0273. The average Bonchev–Trinajstić information content (AvgIpc) is 3.31. The number of sulfone groups is 1. The Hall–Kier alpha value is -2.99. The zero-order valence-corrected chi connectivity index (χ0v) is 19.6. The van der Waals surface area contributed by atoms with E-state index in [-0.39, 0.29) is 23.0 Å². The summed E-state index contributed by atoms with van der Waals surface area (Å²) in [5.74, 6) is -0.750. The zero-order valence-electron chi connectivity index (χ0n) is 18.1. The van der Waals surface area contributed by atoms with Gasteiger partial charge in [0.1, 0.15) is 0 Å². The summed E-state index contributed by atoms with van der Waals surface area (Å²) >= 11 is 5.98. The van der Waals surface area contributed by atoms with Crippen LogP contribution >= 0.6 is 11.6 Å². The van der Waals surface area contributed by atoms with Crippen molar-refractivity contribution in [3.63, 3.8) is 0 Å². The van der Waals surface area contributed by atoms with Crippen LogP contribution in [-0.2, 0) is 25.9 Å². The van der Waals surface area contributed by atoms with Gasteiger partial charge in [0.15, 0.2) is 9.84 Å². The number of hydrogen-bond acceptors (Lipinski definition) is 9. The smallest absolute Gasteiger partial charge is 0.318 e. The number of anilines is 2. The number of nitrogens with two attached hydrogens (primary N) is 1. The molecule has 10 nitrogen and oxygen atoms in total. The summed E-state index contributed by atoms with van der Waals surface area (Å²) in [5.41, 5.74) is 7.47. The molecule has 1 fully saturated rings. The third-order valence-electron chi connectivity index (χ3n) is 5.76. The summed E-state index contributed by atoms with van der Waals surface area (Å²) < 4.78 is 37.2. The van der Waals surface area contributed by atoms with E-state index in [4.69, 9.17) is 26.5 Å². The standard InChI is InChI=1S/C22H22ClN5O5S/c23-16-4-1-14(2-5-16)12-28-18-11-15(3-6-19(18)34(30,31)13-17(24)21(28)29)20-25-26-22(33-20)27-7-9-32-10-8-27/h1-6,11,17H,7-10,12-13,24H2/t17-/m0/s1. The van der Waals surface area contributed by atoms with E-state index in [9.17, 15) is 13.2 Å². The monoisotopic (exact) mass is 503 g/mol. The van der Waals surface area contributed by atoms with Crippen LogP contribution in [0.1, 0.15) is 5.56 Å². The molecule has 3 aromatic rings. The molecular weight excluding hydrogens is 482 g/mol. The van der Waals surface area contributed by atoms with Crippen molar-refractivity contribution in [2.75, 3.05) is 41.9 Å². The third kappa shape index (κ3) is 4.39. The molecule has 34 heavy (non-hydrogen) atoms. The Balaban J connectivity index is 1.56. The number of hydrogen-bond donors (Lipinski definition) is 1. The number of halogens is 1. The fourth-order valence-corrected chi connectivity index (χ4v) is 5.67. The Kier molecular flexibility index (Phi) is 6.02. The second-order valence-electron chi connectivity index (χ2n) is 8.11. The molecule has 12 heteroatoms. The Morgan fingerprint density at radius 1 is 1.09 bits per heavy atom. The first kappa shape index (κ1) is 22.8. The number of rotatable bonds is 4. The van der Waals surface area contributed by atoms with Gasteiger partial charge in [0, 0.05) is 23.7 Å². The molecule has 0 bridgehead atoms. The Bertz CT molecular complexity index is 1320. The molecular formula is C22H22ClN5O5S. The van der Waals surface area contributed by atoms with Crippen LogP contribution in [0.3, 0.4) is 0 Å². The minimum Gasteiger partial charge on any atom is -0.403 e. The lowest BCUT2D eigenvalue weighted by Gasteiger charge is -2.25. The predicted molar refractivity (Wildman–Crippen MR) is 125 cm³/mol. The zero-order chi connectivity index (χ0) is 23.9. The Morgan fingerprint density at radius 3 is 2.56 bits per heavy atom. The van der Waals surface area contributed by atoms with Gasteiger partial charge >= 0.3 is 6.01 Å². The van der Waals surface area contributed by atoms with Crippen molar-refractivity contribution < 1.29 is 22.4 Å². The number of fused-ring (bicyclic) bond motifs is 1. The number of morpholine rings is 1. The number of carbonyl (C=O) groups excluding carboxylic acids is 1. The van der Waals surface area contributed by atoms with Gasteiger partial charge in [-0.15, -0.1) is 5.10 Å². The molecule has 3 heterocycles. The number of ether oxygens (including phenoxy) is 1. The van der Waals surface area contributed by atoms with Crippen LogP contribution in [0, 0.1) is 0 Å². The maximum atomic E-state index is 13.2. The second kappa shape index (κ2) is 8.99. The normalized spacial score (nSPS) is 20.2. The molecule has 2 aliphatic heterocycles. The van der Waals surface area contributed by atoms with Gasteiger partial charge in [-0.1, -0.05) is 28.8 Å². The topological polar surface area (TPSA) is 132 Å². The first-order chi connectivity index (χ1) is 16.3. The number of carbonyl (C=O) groups is 1. The molecule has 1 saturated heterocycles. The highest BCUT2D eigenvalue weighted by molar-refractivity contribution is 7.91. The van der Waals surface area contributed by atoms with E-state index in [0.717, 1.165) is 5.56 Å². The van der Waals surface area contributed by atoms with Crippen molar-refractivity contribution in [1.29, 1.82) is 0 Å². The van der Waals surface area contributed by atoms with Crippen molar-refractivity contribution in [2.45, 2.75) is 17.5 Å². The fraction of sp³-hybridized carbons (Fsp3) is 0.318. The average molecular weight is 504 g/mol. The molecule has 0 saturated carbocycles. The van der Waals surface area contributed by atoms with E-state index < -0.39 is 27.5 Å². The van der Waals surface area contributed by atoms with Crippen LogP contribution < -0.4 is 15.5 Å². The molecule has 0 aliphatic carbocycles. The van der Waals surface area contributed by atoms with Crippen LogP contribution in [0.25, 0.3) is 11.5 Å². The summed E-state index contributed by atoms with van der Waals surface area (Å²) in [6, 6.07) is 10.8. The summed E-state index contributed by atoms with van der Waals surface area (Å²) in [4.78, 5) is 16.5. The number of benzene rings is 2. The van der Waals surface area contributed by atoms with E-state index in [2.05, 4.69) is 10.2 Å². The van der Waals surface area contributed by atoms with Gasteiger partial charge in [0.2, 0.25) is 11.8 Å². The Labute approximate surface area is 201 Å². The molecule has 178 valence electrons. The first-order valence-corrected chi connectivity index (χ1v) is 12.7. The lowest BCUT2D eigenvalue weighted by Crippen LogP contribution is -2.45. The third-order valence-corrected chi connectivity index (χ3v) is 7.83. The summed E-state index contributed by atoms with van der Waals surface area (Å²) in [6.07, 6.45) is 0. The quantitative estimate of drug-likeness (QED) is 0.566. The minimum atomic E-state index is -3.80. The lowest BCUT2D eigenvalue weighted by molar-refractivity contribution is -0.119. The highest BCUT2D eigenvalue weighted by Gasteiger charge is 2.36. The molecule has 0 radical (unpaired) electrons. The SMILES string of the molecule is N[C@H]1CS(=O)(=O)c2ccc(-c3nnc(N4CCOCC4)o3)cc2N(Cc2ccc(Cl)cc2)C1=O. The Morgan fingerprint density at radius 2 is 1.82 bits per heavy atom. The van der Waals surface area contributed by atoms with Gasteiger partial charge in [-0.25, -0.2) is 8.42 Å². The highest BCUT2D eigenvalue weighted by atomic mass is 35.5. The van der Waals surface area contributed by atoms with Crippen LogP contribution in [0.5, 0.6) is 0 Å². The number of aromatic nitrogens is 2. The van der Waals surface area contributed by atoms with E-state index >= 15 is 0 Å². The summed E-state index contributed by atoms with van der Waals surface area (Å²) in [7, 11) is -3.80. The van der Waals surface area contributed by atoms with E-state index in [1.807, 2.05) is 4.90 Å². The van der Waals surface area contributed by atoms with Crippen LogP contribution in [0.2, 0.25) is 5.02 Å². The predicted octanol–water partition coefficient (Wildman–Crippen LogP) is 1.87. The van der Waals surface area contributed by atoms with Crippen molar-refractivity contribution >= 4 is 39.0 Å². The largest absolute Gasteiger partial charge is 0.403 e. The maximum absolute atomic E-state index is 13.2. The molecule has 2 aliphatic rings. The lowest BCUT2D eigenvalue weighted by atomic mass is 10.1.